The van der Waals surface area contributed by atoms with Crippen molar-refractivity contribution in [3.63, 3.8) is 0 Å². The highest BCUT2D eigenvalue weighted by Gasteiger charge is 2.10. The van der Waals surface area contributed by atoms with Gasteiger partial charge in [-0.15, -0.1) is 0 Å². The van der Waals surface area contributed by atoms with Crippen LogP contribution in [0.2, 0.25) is 0 Å². The minimum atomic E-state index is 0.529. The molecule has 6 heteroatoms. The highest BCUT2D eigenvalue weighted by Crippen LogP contribution is 2.27. The molecule has 0 aliphatic carbocycles. The Balaban J connectivity index is 3.05. The van der Waals surface area contributed by atoms with Crippen LogP contribution in [0.5, 0.6) is 0 Å². The maximum atomic E-state index is 5.67. The Morgan fingerprint density at radius 1 is 1.50 bits per heavy atom. The standard InChI is InChI=1S/C6H4Br3ClN2/c1-3(10)2-12-5(8)4(7)11-6(12)9/h1-2H2. The number of rotatable bonds is 2. The first-order valence-electron chi connectivity index (χ1n) is 2.92. The highest BCUT2D eigenvalue weighted by atomic mass is 79.9. The first-order valence-corrected chi connectivity index (χ1v) is 5.68. The van der Waals surface area contributed by atoms with E-state index in [-0.39, 0.29) is 0 Å². The van der Waals surface area contributed by atoms with Crippen molar-refractivity contribution in [2.24, 2.45) is 0 Å². The molecule has 0 aromatic carbocycles. The van der Waals surface area contributed by atoms with Crippen LogP contribution < -0.4 is 0 Å². The average Bonchev–Trinajstić information content (AvgIpc) is 2.16. The third kappa shape index (κ3) is 2.34. The molecule has 0 saturated heterocycles. The second-order valence-corrected chi connectivity index (χ2v) is 4.81. The molecule has 1 rings (SSSR count). The van der Waals surface area contributed by atoms with Crippen molar-refractivity contribution >= 4 is 59.4 Å². The van der Waals surface area contributed by atoms with E-state index in [9.17, 15) is 0 Å². The van der Waals surface area contributed by atoms with E-state index in [1.165, 1.54) is 0 Å². The third-order valence-corrected chi connectivity index (χ3v) is 3.76. The van der Waals surface area contributed by atoms with Crippen LogP contribution in [0.25, 0.3) is 0 Å². The zero-order valence-corrected chi connectivity index (χ0v) is 11.3. The van der Waals surface area contributed by atoms with E-state index in [2.05, 4.69) is 59.4 Å². The molecular weight excluding hydrogens is 375 g/mol. The summed E-state index contributed by atoms with van der Waals surface area (Å²) in [4.78, 5) is 4.11. The SMILES string of the molecule is C=C(Cl)Cn1c(Br)nc(Br)c1Br. The van der Waals surface area contributed by atoms with Crippen molar-refractivity contribution in [3.05, 3.63) is 25.6 Å². The molecule has 1 aromatic rings. The summed E-state index contributed by atoms with van der Waals surface area (Å²) in [5.74, 6) is 0. The van der Waals surface area contributed by atoms with E-state index < -0.39 is 0 Å². The average molecular weight is 379 g/mol. The Bertz CT molecular complexity index is 321. The lowest BCUT2D eigenvalue weighted by Crippen LogP contribution is -1.97. The monoisotopic (exact) mass is 376 g/mol. The van der Waals surface area contributed by atoms with Crippen LogP contribution in [-0.4, -0.2) is 9.55 Å². The molecule has 0 unspecified atom stereocenters. The summed E-state index contributed by atoms with van der Waals surface area (Å²) in [5, 5.41) is 0.557. The van der Waals surface area contributed by atoms with E-state index in [1.807, 2.05) is 4.57 Å². The summed E-state index contributed by atoms with van der Waals surface area (Å²) in [6.45, 7) is 4.13. The molecule has 0 aliphatic heterocycles. The van der Waals surface area contributed by atoms with E-state index >= 15 is 0 Å². The van der Waals surface area contributed by atoms with Gasteiger partial charge < -0.3 is 4.57 Å². The number of halogens is 4. The molecule has 2 nitrogen and oxygen atoms in total. The Hall–Kier alpha value is 0.680. The number of hydrogen-bond acceptors (Lipinski definition) is 1. The van der Waals surface area contributed by atoms with Gasteiger partial charge in [0.05, 0.1) is 6.54 Å². The summed E-state index contributed by atoms with van der Waals surface area (Å²) >= 11 is 15.6. The fourth-order valence-corrected chi connectivity index (χ4v) is 2.53. The van der Waals surface area contributed by atoms with Crippen LogP contribution in [0.3, 0.4) is 0 Å². The second-order valence-electron chi connectivity index (χ2n) is 2.07. The van der Waals surface area contributed by atoms with Gasteiger partial charge in [-0.25, -0.2) is 4.98 Å². The first kappa shape index (κ1) is 10.8. The zero-order chi connectivity index (χ0) is 9.30. The fraction of sp³-hybridized carbons (Fsp3) is 0.167. The lowest BCUT2D eigenvalue weighted by atomic mass is 10.6. The summed E-state index contributed by atoms with van der Waals surface area (Å²) < 4.78 is 4.14. The zero-order valence-electron chi connectivity index (χ0n) is 5.82. The molecule has 1 heterocycles. The van der Waals surface area contributed by atoms with Crippen LogP contribution in [0.4, 0.5) is 0 Å². The summed E-state index contributed by atoms with van der Waals surface area (Å²) in [6.07, 6.45) is 0. The van der Waals surface area contributed by atoms with Gasteiger partial charge in [0.2, 0.25) is 0 Å². The maximum absolute atomic E-state index is 5.67. The number of imidazole rings is 1. The van der Waals surface area contributed by atoms with Crippen molar-refractivity contribution in [2.45, 2.75) is 6.54 Å². The quantitative estimate of drug-likeness (QED) is 0.762. The molecule has 66 valence electrons. The lowest BCUT2D eigenvalue weighted by Gasteiger charge is -2.02. The first-order chi connectivity index (χ1) is 5.52. The Kier molecular flexibility index (Phi) is 3.82. The van der Waals surface area contributed by atoms with Crippen molar-refractivity contribution < 1.29 is 0 Å². The molecule has 0 saturated carbocycles. The molecule has 0 spiro atoms. The van der Waals surface area contributed by atoms with Crippen LogP contribution in [0.1, 0.15) is 0 Å². The van der Waals surface area contributed by atoms with Gasteiger partial charge in [0.1, 0.15) is 9.21 Å². The van der Waals surface area contributed by atoms with Gasteiger partial charge in [0.25, 0.3) is 0 Å². The highest BCUT2D eigenvalue weighted by molar-refractivity contribution is 9.13. The Labute approximate surface area is 100 Å². The van der Waals surface area contributed by atoms with E-state index in [0.29, 0.717) is 16.3 Å². The van der Waals surface area contributed by atoms with Crippen LogP contribution >= 0.6 is 59.4 Å². The van der Waals surface area contributed by atoms with Gasteiger partial charge in [-0.05, 0) is 47.8 Å². The topological polar surface area (TPSA) is 17.8 Å². The summed E-state index contributed by atoms with van der Waals surface area (Å²) in [5.41, 5.74) is 0. The number of hydrogen-bond donors (Lipinski definition) is 0. The normalized spacial score (nSPS) is 10.3. The molecule has 0 N–H and O–H groups in total. The summed E-state index contributed by atoms with van der Waals surface area (Å²) in [6, 6.07) is 0. The van der Waals surface area contributed by atoms with Gasteiger partial charge in [0, 0.05) is 5.03 Å². The predicted molar refractivity (Wildman–Crippen MR) is 60.3 cm³/mol. The molecular formula is C6H4Br3ClN2. The minimum Gasteiger partial charge on any atom is -0.307 e. The van der Waals surface area contributed by atoms with E-state index in [4.69, 9.17) is 11.6 Å². The maximum Gasteiger partial charge on any atom is 0.179 e. The lowest BCUT2D eigenvalue weighted by molar-refractivity contribution is 0.770. The smallest absolute Gasteiger partial charge is 0.179 e. The summed E-state index contributed by atoms with van der Waals surface area (Å²) in [7, 11) is 0. The minimum absolute atomic E-state index is 0.529. The predicted octanol–water partition coefficient (Wildman–Crippen LogP) is 3.92. The molecule has 12 heavy (non-hydrogen) atoms. The van der Waals surface area contributed by atoms with E-state index in [1.54, 1.807) is 0 Å². The third-order valence-electron chi connectivity index (χ3n) is 1.15. The molecule has 0 atom stereocenters. The second kappa shape index (κ2) is 4.26. The molecule has 1 aromatic heterocycles. The van der Waals surface area contributed by atoms with Crippen molar-refractivity contribution in [2.75, 3.05) is 0 Å². The molecule has 0 radical (unpaired) electrons. The van der Waals surface area contributed by atoms with Crippen LogP contribution in [-0.2, 0) is 6.54 Å². The van der Waals surface area contributed by atoms with Crippen LogP contribution in [0.15, 0.2) is 25.6 Å². The number of nitrogens with zero attached hydrogens (tertiary/aromatic N) is 2. The van der Waals surface area contributed by atoms with Crippen LogP contribution in [0, 0.1) is 0 Å². The number of allylic oxidation sites excluding steroid dienone is 1. The van der Waals surface area contributed by atoms with Crippen molar-refractivity contribution in [1.82, 2.24) is 9.55 Å². The van der Waals surface area contributed by atoms with Crippen molar-refractivity contribution in [1.29, 1.82) is 0 Å². The largest absolute Gasteiger partial charge is 0.307 e. The van der Waals surface area contributed by atoms with Gasteiger partial charge in [-0.3, -0.25) is 0 Å². The Morgan fingerprint density at radius 3 is 2.42 bits per heavy atom. The molecule has 0 amide bonds. The fourth-order valence-electron chi connectivity index (χ4n) is 0.686. The molecule has 0 aliphatic rings. The number of aromatic nitrogens is 2. The van der Waals surface area contributed by atoms with Gasteiger partial charge in [0.15, 0.2) is 4.73 Å². The van der Waals surface area contributed by atoms with Gasteiger partial charge in [-0.1, -0.05) is 18.2 Å². The van der Waals surface area contributed by atoms with Crippen molar-refractivity contribution in [3.8, 4) is 0 Å². The van der Waals surface area contributed by atoms with Gasteiger partial charge >= 0.3 is 0 Å². The van der Waals surface area contributed by atoms with E-state index in [0.717, 1.165) is 9.21 Å². The van der Waals surface area contributed by atoms with Gasteiger partial charge in [-0.2, -0.15) is 0 Å². The molecule has 0 fully saturated rings. The molecule has 0 bridgehead atoms. The Morgan fingerprint density at radius 2 is 2.08 bits per heavy atom.